The molecule has 0 aromatic carbocycles. The summed E-state index contributed by atoms with van der Waals surface area (Å²) in [6, 6.07) is 0. The molecule has 1 saturated carbocycles. The van der Waals surface area contributed by atoms with Crippen molar-refractivity contribution in [2.45, 2.75) is 50.7 Å². The summed E-state index contributed by atoms with van der Waals surface area (Å²) in [5.74, 6) is 0.0910. The Labute approximate surface area is 115 Å². The third kappa shape index (κ3) is 3.27. The van der Waals surface area contributed by atoms with E-state index in [1.807, 2.05) is 6.92 Å². The Hall–Kier alpha value is -0.650. The minimum atomic E-state index is -0.510. The van der Waals surface area contributed by atoms with Crippen molar-refractivity contribution in [1.29, 1.82) is 0 Å². The molecule has 19 heavy (non-hydrogen) atoms. The number of rotatable bonds is 7. The zero-order valence-corrected chi connectivity index (χ0v) is 11.8. The summed E-state index contributed by atoms with van der Waals surface area (Å²) in [6.45, 7) is 5.00. The quantitative estimate of drug-likeness (QED) is 0.718. The highest BCUT2D eigenvalue weighted by Gasteiger charge is 2.46. The van der Waals surface area contributed by atoms with Crippen LogP contribution in [0.5, 0.6) is 0 Å². The summed E-state index contributed by atoms with van der Waals surface area (Å²) in [4.78, 5) is 11.8. The van der Waals surface area contributed by atoms with Crippen molar-refractivity contribution in [2.24, 2.45) is 11.7 Å². The molecule has 0 aromatic rings. The molecular formula is C14H26N2O3. The first-order valence-electron chi connectivity index (χ1n) is 7.43. The summed E-state index contributed by atoms with van der Waals surface area (Å²) >= 11 is 0. The van der Waals surface area contributed by atoms with Crippen LogP contribution in [0, 0.1) is 5.92 Å². The summed E-state index contributed by atoms with van der Waals surface area (Å²) in [5.41, 5.74) is 5.13. The smallest absolute Gasteiger partial charge is 0.238 e. The van der Waals surface area contributed by atoms with E-state index in [0.29, 0.717) is 19.1 Å². The lowest BCUT2D eigenvalue weighted by Crippen LogP contribution is -2.58. The minimum absolute atomic E-state index is 0.207. The number of carbonyl (C=O) groups is 1. The molecule has 0 radical (unpaired) electrons. The van der Waals surface area contributed by atoms with Crippen molar-refractivity contribution in [3.8, 4) is 0 Å². The second-order valence-corrected chi connectivity index (χ2v) is 5.60. The van der Waals surface area contributed by atoms with Crippen LogP contribution >= 0.6 is 0 Å². The maximum Gasteiger partial charge on any atom is 0.238 e. The van der Waals surface area contributed by atoms with Gasteiger partial charge in [0, 0.05) is 13.2 Å². The van der Waals surface area contributed by atoms with Gasteiger partial charge in [0.1, 0.15) is 5.54 Å². The summed E-state index contributed by atoms with van der Waals surface area (Å²) in [6.07, 6.45) is 5.09. The summed E-state index contributed by atoms with van der Waals surface area (Å²) in [5, 5.41) is 3.33. The number of ether oxygens (including phenoxy) is 2. The predicted molar refractivity (Wildman–Crippen MR) is 72.7 cm³/mol. The van der Waals surface area contributed by atoms with Crippen molar-refractivity contribution in [1.82, 2.24) is 5.32 Å². The average molecular weight is 270 g/mol. The largest absolute Gasteiger partial charge is 0.379 e. The van der Waals surface area contributed by atoms with Gasteiger partial charge in [0.2, 0.25) is 5.91 Å². The summed E-state index contributed by atoms with van der Waals surface area (Å²) in [7, 11) is 0. The molecule has 5 nitrogen and oxygen atoms in total. The highest BCUT2D eigenvalue weighted by Crippen LogP contribution is 2.38. The number of amides is 1. The van der Waals surface area contributed by atoms with Crippen LogP contribution in [0.15, 0.2) is 0 Å². The van der Waals surface area contributed by atoms with Crippen LogP contribution in [0.1, 0.15) is 39.0 Å². The first-order chi connectivity index (χ1) is 9.19. The van der Waals surface area contributed by atoms with E-state index >= 15 is 0 Å². The molecule has 3 atom stereocenters. The van der Waals surface area contributed by atoms with E-state index in [4.69, 9.17) is 15.2 Å². The molecule has 0 bridgehead atoms. The van der Waals surface area contributed by atoms with Crippen LogP contribution < -0.4 is 11.1 Å². The normalized spacial score (nSPS) is 34.8. The molecule has 2 rings (SSSR count). The van der Waals surface area contributed by atoms with E-state index in [2.05, 4.69) is 5.32 Å². The van der Waals surface area contributed by atoms with Crippen LogP contribution in [0.4, 0.5) is 0 Å². The van der Waals surface area contributed by atoms with Gasteiger partial charge < -0.3 is 20.5 Å². The van der Waals surface area contributed by atoms with E-state index in [1.165, 1.54) is 0 Å². The Kier molecular flexibility index (Phi) is 5.19. The van der Waals surface area contributed by atoms with Crippen molar-refractivity contribution >= 4 is 5.91 Å². The second-order valence-electron chi connectivity index (χ2n) is 5.60. The molecule has 1 aliphatic heterocycles. The number of carbonyl (C=O) groups excluding carboxylic acids is 1. The van der Waals surface area contributed by atoms with E-state index in [9.17, 15) is 4.79 Å². The summed E-state index contributed by atoms with van der Waals surface area (Å²) < 4.78 is 11.1. The van der Waals surface area contributed by atoms with Gasteiger partial charge in [-0.15, -0.1) is 0 Å². The van der Waals surface area contributed by atoms with E-state index in [1.54, 1.807) is 0 Å². The molecular weight excluding hydrogens is 244 g/mol. The van der Waals surface area contributed by atoms with Crippen molar-refractivity contribution in [3.05, 3.63) is 0 Å². The molecule has 0 spiro atoms. The highest BCUT2D eigenvalue weighted by molar-refractivity contribution is 5.85. The standard InChI is InChI=1S/C14H26N2O3/c1-2-16-14(13(15)17)7-3-4-11(14)5-9-19-12-6-8-18-10-12/h11-12,16H,2-10H2,1H3,(H2,15,17). The predicted octanol–water partition coefficient (Wildman–Crippen LogP) is 0.816. The van der Waals surface area contributed by atoms with Crippen LogP contribution in [-0.4, -0.2) is 43.9 Å². The molecule has 0 aromatic heterocycles. The lowest BCUT2D eigenvalue weighted by Gasteiger charge is -2.33. The topological polar surface area (TPSA) is 73.6 Å². The molecule has 1 amide bonds. The lowest BCUT2D eigenvalue weighted by molar-refractivity contribution is -0.126. The van der Waals surface area contributed by atoms with E-state index in [-0.39, 0.29) is 12.0 Å². The Morgan fingerprint density at radius 1 is 1.53 bits per heavy atom. The number of nitrogens with two attached hydrogens (primary N) is 1. The van der Waals surface area contributed by atoms with Crippen LogP contribution in [0.25, 0.3) is 0 Å². The molecule has 1 aliphatic carbocycles. The first kappa shape index (κ1) is 14.8. The third-order valence-electron chi connectivity index (χ3n) is 4.46. The lowest BCUT2D eigenvalue weighted by atomic mass is 9.84. The van der Waals surface area contributed by atoms with Crippen LogP contribution in [0.2, 0.25) is 0 Å². The maximum atomic E-state index is 11.8. The Morgan fingerprint density at radius 2 is 2.37 bits per heavy atom. The van der Waals surface area contributed by atoms with Gasteiger partial charge in [-0.1, -0.05) is 13.3 Å². The first-order valence-corrected chi connectivity index (χ1v) is 7.43. The van der Waals surface area contributed by atoms with E-state index < -0.39 is 5.54 Å². The molecule has 110 valence electrons. The minimum Gasteiger partial charge on any atom is -0.379 e. The zero-order chi connectivity index (χ0) is 13.7. The molecule has 5 heteroatoms. The number of nitrogens with one attached hydrogen (secondary N) is 1. The fourth-order valence-electron chi connectivity index (χ4n) is 3.45. The van der Waals surface area contributed by atoms with Gasteiger partial charge in [-0.3, -0.25) is 4.79 Å². The Balaban J connectivity index is 1.84. The Morgan fingerprint density at radius 3 is 3.00 bits per heavy atom. The molecule has 1 heterocycles. The molecule has 3 N–H and O–H groups in total. The van der Waals surface area contributed by atoms with Gasteiger partial charge in [-0.05, 0) is 38.1 Å². The fraction of sp³-hybridized carbons (Fsp3) is 0.929. The molecule has 2 aliphatic rings. The number of hydrogen-bond acceptors (Lipinski definition) is 4. The zero-order valence-electron chi connectivity index (χ0n) is 11.8. The van der Waals surface area contributed by atoms with Gasteiger partial charge in [0.15, 0.2) is 0 Å². The molecule has 3 unspecified atom stereocenters. The van der Waals surface area contributed by atoms with Gasteiger partial charge in [-0.25, -0.2) is 0 Å². The highest BCUT2D eigenvalue weighted by atomic mass is 16.5. The second kappa shape index (κ2) is 6.68. The average Bonchev–Trinajstić information content (AvgIpc) is 3.01. The number of hydrogen-bond donors (Lipinski definition) is 2. The molecule has 2 fully saturated rings. The monoisotopic (exact) mass is 270 g/mol. The fourth-order valence-corrected chi connectivity index (χ4v) is 3.45. The van der Waals surface area contributed by atoms with E-state index in [0.717, 1.165) is 45.3 Å². The van der Waals surface area contributed by atoms with Gasteiger partial charge >= 0.3 is 0 Å². The van der Waals surface area contributed by atoms with Crippen molar-refractivity contribution in [2.75, 3.05) is 26.4 Å². The van der Waals surface area contributed by atoms with Crippen LogP contribution in [-0.2, 0) is 14.3 Å². The maximum absolute atomic E-state index is 11.8. The van der Waals surface area contributed by atoms with Gasteiger partial charge in [-0.2, -0.15) is 0 Å². The molecule has 1 saturated heterocycles. The van der Waals surface area contributed by atoms with Crippen molar-refractivity contribution < 1.29 is 14.3 Å². The van der Waals surface area contributed by atoms with Gasteiger partial charge in [0.25, 0.3) is 0 Å². The van der Waals surface area contributed by atoms with Crippen LogP contribution in [0.3, 0.4) is 0 Å². The van der Waals surface area contributed by atoms with Gasteiger partial charge in [0.05, 0.1) is 12.7 Å². The Bertz CT molecular complexity index is 305. The number of likely N-dealkylation sites (N-methyl/N-ethyl adjacent to an activating group) is 1. The number of primary amides is 1. The van der Waals surface area contributed by atoms with Crippen molar-refractivity contribution in [3.63, 3.8) is 0 Å². The third-order valence-corrected chi connectivity index (χ3v) is 4.46. The SMILES string of the molecule is CCNC1(C(N)=O)CCCC1CCOC1CCOC1.